The maximum absolute atomic E-state index is 10.7. The first kappa shape index (κ1) is 12.5. The molecule has 0 spiro atoms. The van der Waals surface area contributed by atoms with Crippen LogP contribution in [0.1, 0.15) is 17.2 Å². The Labute approximate surface area is 96.7 Å². The third-order valence-electron chi connectivity index (χ3n) is 2.04. The van der Waals surface area contributed by atoms with Crippen molar-refractivity contribution < 1.29 is 15.0 Å². The van der Waals surface area contributed by atoms with Crippen LogP contribution in [-0.2, 0) is 4.79 Å². The van der Waals surface area contributed by atoms with Crippen molar-refractivity contribution in [3.8, 4) is 6.07 Å². The van der Waals surface area contributed by atoms with Crippen molar-refractivity contribution in [2.24, 2.45) is 5.73 Å². The van der Waals surface area contributed by atoms with Gasteiger partial charge in [-0.3, -0.25) is 4.79 Å². The average molecular weight is 241 g/mol. The Balaban J connectivity index is 3.06. The van der Waals surface area contributed by atoms with Crippen LogP contribution in [0.3, 0.4) is 0 Å². The summed E-state index contributed by atoms with van der Waals surface area (Å²) in [6, 6.07) is 5.97. The molecule has 2 unspecified atom stereocenters. The van der Waals surface area contributed by atoms with E-state index in [1.165, 1.54) is 18.2 Å². The van der Waals surface area contributed by atoms with Gasteiger partial charge in [-0.2, -0.15) is 5.26 Å². The third-order valence-corrected chi connectivity index (χ3v) is 2.37. The highest BCUT2D eigenvalue weighted by molar-refractivity contribution is 6.31. The summed E-state index contributed by atoms with van der Waals surface area (Å²) < 4.78 is 0. The number of nitrogens with zero attached hydrogens (tertiary/aromatic N) is 1. The summed E-state index contributed by atoms with van der Waals surface area (Å²) in [6.07, 6.45) is -3.23. The number of halogens is 1. The van der Waals surface area contributed by atoms with Gasteiger partial charge in [0.05, 0.1) is 11.6 Å². The number of hydrogen-bond donors (Lipinski definition) is 3. The lowest BCUT2D eigenvalue weighted by Gasteiger charge is -2.16. The number of carbonyl (C=O) groups excluding carboxylic acids is 1. The molecule has 0 aliphatic heterocycles. The monoisotopic (exact) mass is 240 g/mol. The summed E-state index contributed by atoms with van der Waals surface area (Å²) in [5.41, 5.74) is 5.30. The Bertz CT molecular complexity index is 456. The smallest absolute Gasteiger partial charge is 0.249 e. The zero-order chi connectivity index (χ0) is 12.3. The highest BCUT2D eigenvalue weighted by Gasteiger charge is 2.25. The van der Waals surface area contributed by atoms with Gasteiger partial charge in [0.1, 0.15) is 6.10 Å². The van der Waals surface area contributed by atoms with Crippen molar-refractivity contribution in [2.75, 3.05) is 0 Å². The molecule has 84 valence electrons. The largest absolute Gasteiger partial charge is 0.385 e. The highest BCUT2D eigenvalue weighted by atomic mass is 35.5. The van der Waals surface area contributed by atoms with Crippen molar-refractivity contribution in [2.45, 2.75) is 12.2 Å². The first-order valence-electron chi connectivity index (χ1n) is 4.32. The van der Waals surface area contributed by atoms with Gasteiger partial charge in [0.25, 0.3) is 0 Å². The highest BCUT2D eigenvalue weighted by Crippen LogP contribution is 2.26. The standard InChI is InChI=1S/C10H9ClN2O3/c11-7-3-5(4-12)1-2-6(7)8(14)9(15)10(13)16/h1-3,8-9,14-15H,(H2,13,16). The van der Waals surface area contributed by atoms with E-state index in [0.717, 1.165) is 0 Å². The number of nitriles is 1. The fourth-order valence-electron chi connectivity index (χ4n) is 1.16. The molecule has 1 amide bonds. The topological polar surface area (TPSA) is 107 Å². The summed E-state index contributed by atoms with van der Waals surface area (Å²) in [5.74, 6) is -1.05. The molecule has 0 aliphatic rings. The second-order valence-corrected chi connectivity index (χ2v) is 3.55. The molecule has 0 saturated carbocycles. The lowest BCUT2D eigenvalue weighted by Crippen LogP contribution is -2.33. The molecule has 1 aromatic carbocycles. The van der Waals surface area contributed by atoms with Crippen LogP contribution < -0.4 is 5.73 Å². The van der Waals surface area contributed by atoms with E-state index >= 15 is 0 Å². The Morgan fingerprint density at radius 1 is 1.50 bits per heavy atom. The van der Waals surface area contributed by atoms with E-state index in [1.807, 2.05) is 6.07 Å². The van der Waals surface area contributed by atoms with Crippen LogP contribution in [0.25, 0.3) is 0 Å². The summed E-state index contributed by atoms with van der Waals surface area (Å²) in [6.45, 7) is 0. The Morgan fingerprint density at radius 3 is 2.56 bits per heavy atom. The molecule has 0 radical (unpaired) electrons. The molecule has 6 heteroatoms. The molecule has 16 heavy (non-hydrogen) atoms. The van der Waals surface area contributed by atoms with Crippen LogP contribution >= 0.6 is 11.6 Å². The Morgan fingerprint density at radius 2 is 2.12 bits per heavy atom. The first-order valence-corrected chi connectivity index (χ1v) is 4.70. The number of nitrogens with two attached hydrogens (primary N) is 1. The molecule has 0 aromatic heterocycles. The van der Waals surface area contributed by atoms with Crippen LogP contribution in [0.15, 0.2) is 18.2 Å². The van der Waals surface area contributed by atoms with Crippen LogP contribution in [0.2, 0.25) is 5.02 Å². The molecule has 1 rings (SSSR count). The predicted octanol–water partition coefficient (Wildman–Crippen LogP) is 0.0913. The molecule has 5 nitrogen and oxygen atoms in total. The number of rotatable bonds is 3. The molecule has 0 bridgehead atoms. The molecule has 1 aromatic rings. The quantitative estimate of drug-likeness (QED) is 0.696. The summed E-state index contributed by atoms with van der Waals surface area (Å²) in [7, 11) is 0. The summed E-state index contributed by atoms with van der Waals surface area (Å²) >= 11 is 5.78. The van der Waals surface area contributed by atoms with Gasteiger partial charge in [-0.1, -0.05) is 17.7 Å². The number of carbonyl (C=O) groups is 1. The Hall–Kier alpha value is -1.61. The van der Waals surface area contributed by atoms with Crippen LogP contribution in [0, 0.1) is 11.3 Å². The minimum atomic E-state index is -1.73. The van der Waals surface area contributed by atoms with Gasteiger partial charge in [0.2, 0.25) is 5.91 Å². The molecular formula is C10H9ClN2O3. The number of hydrogen-bond acceptors (Lipinski definition) is 4. The van der Waals surface area contributed by atoms with E-state index in [9.17, 15) is 15.0 Å². The Kier molecular flexibility index (Phi) is 3.85. The molecule has 4 N–H and O–H groups in total. The fourth-order valence-corrected chi connectivity index (χ4v) is 1.45. The fraction of sp³-hybridized carbons (Fsp3) is 0.200. The second-order valence-electron chi connectivity index (χ2n) is 3.14. The van der Waals surface area contributed by atoms with E-state index in [2.05, 4.69) is 0 Å². The molecule has 0 heterocycles. The normalized spacial score (nSPS) is 13.9. The zero-order valence-electron chi connectivity index (χ0n) is 8.09. The predicted molar refractivity (Wildman–Crippen MR) is 56.3 cm³/mol. The van der Waals surface area contributed by atoms with Crippen LogP contribution in [0.4, 0.5) is 0 Å². The SMILES string of the molecule is N#Cc1ccc(C(O)C(O)C(N)=O)c(Cl)c1. The maximum atomic E-state index is 10.7. The van der Waals surface area contributed by atoms with Crippen molar-refractivity contribution in [1.82, 2.24) is 0 Å². The van der Waals surface area contributed by atoms with E-state index in [4.69, 9.17) is 22.6 Å². The van der Waals surface area contributed by atoms with Crippen molar-refractivity contribution >= 4 is 17.5 Å². The van der Waals surface area contributed by atoms with Crippen molar-refractivity contribution in [1.29, 1.82) is 5.26 Å². The lowest BCUT2D eigenvalue weighted by atomic mass is 10.0. The van der Waals surface area contributed by atoms with Gasteiger partial charge < -0.3 is 15.9 Å². The molecule has 0 saturated heterocycles. The first-order chi connectivity index (χ1) is 7.47. The average Bonchev–Trinajstić information content (AvgIpc) is 2.26. The lowest BCUT2D eigenvalue weighted by molar-refractivity contribution is -0.131. The van der Waals surface area contributed by atoms with Crippen LogP contribution in [0.5, 0.6) is 0 Å². The summed E-state index contributed by atoms with van der Waals surface area (Å²) in [5, 5.41) is 27.5. The van der Waals surface area contributed by atoms with Gasteiger partial charge in [-0.05, 0) is 12.1 Å². The summed E-state index contributed by atoms with van der Waals surface area (Å²) in [4.78, 5) is 10.7. The number of primary amides is 1. The molecule has 0 aliphatic carbocycles. The van der Waals surface area contributed by atoms with E-state index in [1.54, 1.807) is 0 Å². The van der Waals surface area contributed by atoms with E-state index < -0.39 is 18.1 Å². The number of aliphatic hydroxyl groups excluding tert-OH is 2. The molecular weight excluding hydrogens is 232 g/mol. The van der Waals surface area contributed by atoms with E-state index in [0.29, 0.717) is 5.56 Å². The number of amides is 1. The van der Waals surface area contributed by atoms with Gasteiger partial charge in [-0.25, -0.2) is 0 Å². The minimum Gasteiger partial charge on any atom is -0.385 e. The van der Waals surface area contributed by atoms with E-state index in [-0.39, 0.29) is 10.6 Å². The van der Waals surface area contributed by atoms with Crippen molar-refractivity contribution in [3.05, 3.63) is 34.3 Å². The van der Waals surface area contributed by atoms with Gasteiger partial charge >= 0.3 is 0 Å². The van der Waals surface area contributed by atoms with Gasteiger partial charge in [-0.15, -0.1) is 0 Å². The van der Waals surface area contributed by atoms with Gasteiger partial charge in [0, 0.05) is 10.6 Å². The minimum absolute atomic E-state index is 0.0897. The second kappa shape index (κ2) is 4.94. The zero-order valence-corrected chi connectivity index (χ0v) is 8.85. The molecule has 2 atom stereocenters. The van der Waals surface area contributed by atoms with Crippen LogP contribution in [-0.4, -0.2) is 22.2 Å². The van der Waals surface area contributed by atoms with Gasteiger partial charge in [0.15, 0.2) is 6.10 Å². The number of aliphatic hydroxyl groups is 2. The third kappa shape index (κ3) is 2.49. The molecule has 0 fully saturated rings. The number of benzene rings is 1. The van der Waals surface area contributed by atoms with Crippen molar-refractivity contribution in [3.63, 3.8) is 0 Å². The maximum Gasteiger partial charge on any atom is 0.249 e.